The number of ether oxygens (including phenoxy) is 1. The summed E-state index contributed by atoms with van der Waals surface area (Å²) in [6, 6.07) is 12.2. The molecule has 0 radical (unpaired) electrons. The van der Waals surface area contributed by atoms with E-state index < -0.39 is 5.25 Å². The zero-order valence-corrected chi connectivity index (χ0v) is 16.0. The molecule has 2 aromatic rings. The molecule has 0 saturated heterocycles. The van der Waals surface area contributed by atoms with Crippen molar-refractivity contribution in [3.63, 3.8) is 0 Å². The van der Waals surface area contributed by atoms with E-state index in [4.69, 9.17) is 27.9 Å². The number of halogens is 2. The van der Waals surface area contributed by atoms with Gasteiger partial charge in [0.05, 0.1) is 22.8 Å². The molecule has 0 aromatic heterocycles. The zero-order valence-electron chi connectivity index (χ0n) is 13.7. The van der Waals surface area contributed by atoms with Crippen molar-refractivity contribution in [2.75, 3.05) is 12.4 Å². The first-order valence-electron chi connectivity index (χ1n) is 7.65. The average molecular weight is 409 g/mol. The van der Waals surface area contributed by atoms with Gasteiger partial charge in [0, 0.05) is 12.0 Å². The molecule has 1 unspecified atom stereocenters. The van der Waals surface area contributed by atoms with Gasteiger partial charge in [0.2, 0.25) is 5.91 Å². The van der Waals surface area contributed by atoms with E-state index in [0.717, 1.165) is 11.3 Å². The van der Waals surface area contributed by atoms with Gasteiger partial charge in [0.25, 0.3) is 5.91 Å². The summed E-state index contributed by atoms with van der Waals surface area (Å²) in [5.41, 5.74) is 1.22. The fraction of sp³-hybridized carbons (Fsp3) is 0.167. The summed E-state index contributed by atoms with van der Waals surface area (Å²) in [6.07, 6.45) is -0.00447. The lowest BCUT2D eigenvalue weighted by molar-refractivity contribution is -0.121. The van der Waals surface area contributed by atoms with E-state index in [0.29, 0.717) is 15.8 Å². The number of nitrogens with zero attached hydrogens (tertiary/aromatic N) is 1. The highest BCUT2D eigenvalue weighted by molar-refractivity contribution is 8.16. The monoisotopic (exact) mass is 408 g/mol. The van der Waals surface area contributed by atoms with Crippen LogP contribution in [-0.4, -0.2) is 29.2 Å². The summed E-state index contributed by atoms with van der Waals surface area (Å²) in [4.78, 5) is 28.4. The Labute approximate surface area is 164 Å². The van der Waals surface area contributed by atoms with E-state index >= 15 is 0 Å². The highest BCUT2D eigenvalue weighted by Gasteiger charge is 2.31. The van der Waals surface area contributed by atoms with Gasteiger partial charge in [-0.25, -0.2) is 4.99 Å². The van der Waals surface area contributed by atoms with E-state index in [9.17, 15) is 9.59 Å². The van der Waals surface area contributed by atoms with Crippen LogP contribution in [0.4, 0.5) is 5.69 Å². The van der Waals surface area contributed by atoms with Crippen LogP contribution in [0.2, 0.25) is 10.0 Å². The lowest BCUT2D eigenvalue weighted by Gasteiger charge is -2.10. The van der Waals surface area contributed by atoms with Crippen molar-refractivity contribution in [1.29, 1.82) is 0 Å². The summed E-state index contributed by atoms with van der Waals surface area (Å²) in [6.45, 7) is 0. The van der Waals surface area contributed by atoms with E-state index in [2.05, 4.69) is 10.3 Å². The third-order valence-corrected chi connectivity index (χ3v) is 5.70. The fourth-order valence-corrected chi connectivity index (χ4v) is 3.77. The Balaban J connectivity index is 1.63. The first-order valence-corrected chi connectivity index (χ1v) is 9.29. The van der Waals surface area contributed by atoms with E-state index in [1.165, 1.54) is 11.8 Å². The smallest absolute Gasteiger partial charge is 0.260 e. The van der Waals surface area contributed by atoms with Crippen molar-refractivity contribution in [3.8, 4) is 5.75 Å². The van der Waals surface area contributed by atoms with Crippen LogP contribution in [0.5, 0.6) is 5.75 Å². The van der Waals surface area contributed by atoms with E-state index in [-0.39, 0.29) is 23.3 Å². The standard InChI is InChI=1S/C18H14Cl2N2O3S/c1-25-11-7-5-10(6-8-11)18-22-17(24)14(26-18)9-15(23)21-13-4-2-3-12(19)16(13)20/h2-8,14H,9H2,1H3,(H,21,23). The average Bonchev–Trinajstić information content (AvgIpc) is 2.99. The highest BCUT2D eigenvalue weighted by atomic mass is 35.5. The summed E-state index contributed by atoms with van der Waals surface area (Å²) in [7, 11) is 1.58. The number of thioether (sulfide) groups is 1. The molecule has 1 aliphatic heterocycles. The van der Waals surface area contributed by atoms with Gasteiger partial charge in [-0.3, -0.25) is 9.59 Å². The van der Waals surface area contributed by atoms with Gasteiger partial charge in [-0.15, -0.1) is 0 Å². The topological polar surface area (TPSA) is 67.8 Å². The van der Waals surface area contributed by atoms with Crippen LogP contribution in [-0.2, 0) is 9.59 Å². The lowest BCUT2D eigenvalue weighted by atomic mass is 10.2. The van der Waals surface area contributed by atoms with Crippen LogP contribution in [0, 0.1) is 0 Å². The molecule has 5 nitrogen and oxygen atoms in total. The second kappa shape index (κ2) is 8.12. The maximum atomic E-state index is 12.3. The number of carbonyl (C=O) groups excluding carboxylic acids is 2. The summed E-state index contributed by atoms with van der Waals surface area (Å²) in [5, 5.41) is 3.32. The quantitative estimate of drug-likeness (QED) is 0.794. The van der Waals surface area contributed by atoms with Gasteiger partial charge >= 0.3 is 0 Å². The predicted molar refractivity (Wildman–Crippen MR) is 106 cm³/mol. The molecule has 2 amide bonds. The highest BCUT2D eigenvalue weighted by Crippen LogP contribution is 2.32. The Kier molecular flexibility index (Phi) is 5.86. The molecule has 26 heavy (non-hydrogen) atoms. The fourth-order valence-electron chi connectivity index (χ4n) is 2.35. The maximum absolute atomic E-state index is 12.3. The molecule has 1 atom stereocenters. The minimum absolute atomic E-state index is 0.00447. The van der Waals surface area contributed by atoms with Gasteiger partial charge < -0.3 is 10.1 Å². The second-order valence-corrected chi connectivity index (χ2v) is 7.42. The third-order valence-electron chi connectivity index (χ3n) is 3.67. The molecular formula is C18H14Cl2N2O3S. The van der Waals surface area contributed by atoms with Crippen molar-refractivity contribution >= 4 is 57.5 Å². The van der Waals surface area contributed by atoms with Crippen LogP contribution < -0.4 is 10.1 Å². The summed E-state index contributed by atoms with van der Waals surface area (Å²) >= 11 is 13.3. The molecule has 1 aliphatic rings. The molecule has 1 N–H and O–H groups in total. The normalized spacial score (nSPS) is 16.3. The van der Waals surface area contributed by atoms with Crippen LogP contribution in [0.1, 0.15) is 12.0 Å². The molecule has 1 heterocycles. The van der Waals surface area contributed by atoms with Gasteiger partial charge in [0.1, 0.15) is 16.0 Å². The van der Waals surface area contributed by atoms with Crippen LogP contribution in [0.15, 0.2) is 47.5 Å². The van der Waals surface area contributed by atoms with Gasteiger partial charge in [-0.2, -0.15) is 0 Å². The van der Waals surface area contributed by atoms with Crippen molar-refractivity contribution in [2.24, 2.45) is 4.99 Å². The zero-order chi connectivity index (χ0) is 18.7. The van der Waals surface area contributed by atoms with Crippen LogP contribution >= 0.6 is 35.0 Å². The number of hydrogen-bond acceptors (Lipinski definition) is 4. The van der Waals surface area contributed by atoms with Gasteiger partial charge in [-0.05, 0) is 36.4 Å². The third kappa shape index (κ3) is 4.20. The lowest BCUT2D eigenvalue weighted by Crippen LogP contribution is -2.21. The minimum atomic E-state index is -0.565. The number of nitrogens with one attached hydrogen (secondary N) is 1. The number of aliphatic imine (C=N–C) groups is 1. The Morgan fingerprint density at radius 3 is 2.65 bits per heavy atom. The number of amides is 2. The van der Waals surface area contributed by atoms with Crippen LogP contribution in [0.25, 0.3) is 0 Å². The van der Waals surface area contributed by atoms with Crippen molar-refractivity contribution in [2.45, 2.75) is 11.7 Å². The Hall–Kier alpha value is -2.02. The Bertz CT molecular complexity index is 885. The number of anilines is 1. The Morgan fingerprint density at radius 1 is 1.23 bits per heavy atom. The summed E-state index contributed by atoms with van der Waals surface area (Å²) in [5.74, 6) is 0.0670. The maximum Gasteiger partial charge on any atom is 0.260 e. The molecular weight excluding hydrogens is 395 g/mol. The Morgan fingerprint density at radius 2 is 1.96 bits per heavy atom. The first-order chi connectivity index (χ1) is 12.5. The van der Waals surface area contributed by atoms with Crippen molar-refractivity contribution in [3.05, 3.63) is 58.1 Å². The molecule has 134 valence electrons. The van der Waals surface area contributed by atoms with Crippen LogP contribution in [0.3, 0.4) is 0 Å². The van der Waals surface area contributed by atoms with E-state index in [1.54, 1.807) is 37.4 Å². The first kappa shape index (κ1) is 18.8. The SMILES string of the molecule is COc1ccc(C2=NC(=O)C(CC(=O)Nc3cccc(Cl)c3Cl)S2)cc1. The number of hydrogen-bond donors (Lipinski definition) is 1. The molecule has 0 bridgehead atoms. The molecule has 8 heteroatoms. The molecule has 0 aliphatic carbocycles. The number of benzene rings is 2. The predicted octanol–water partition coefficient (Wildman–Crippen LogP) is 4.42. The second-order valence-electron chi connectivity index (χ2n) is 5.44. The number of carbonyl (C=O) groups is 2. The molecule has 3 rings (SSSR count). The minimum Gasteiger partial charge on any atom is -0.497 e. The largest absolute Gasteiger partial charge is 0.497 e. The van der Waals surface area contributed by atoms with Gasteiger partial charge in [-0.1, -0.05) is 41.0 Å². The van der Waals surface area contributed by atoms with E-state index in [1.807, 2.05) is 12.1 Å². The molecule has 2 aromatic carbocycles. The molecule has 0 fully saturated rings. The summed E-state index contributed by atoms with van der Waals surface area (Å²) < 4.78 is 5.11. The molecule has 0 spiro atoms. The van der Waals surface area contributed by atoms with Crippen molar-refractivity contribution in [1.82, 2.24) is 0 Å². The number of rotatable bonds is 5. The molecule has 0 saturated carbocycles. The van der Waals surface area contributed by atoms with Gasteiger partial charge in [0.15, 0.2) is 0 Å². The van der Waals surface area contributed by atoms with Crippen molar-refractivity contribution < 1.29 is 14.3 Å². The number of methoxy groups -OCH3 is 1.